The summed E-state index contributed by atoms with van der Waals surface area (Å²) >= 11 is 1.18. The Kier molecular flexibility index (Phi) is 6.21. The quantitative estimate of drug-likeness (QED) is 0.799. The first-order chi connectivity index (χ1) is 11.7. The Morgan fingerprint density at radius 2 is 1.72 bits per heavy atom. The molecule has 1 N–H and O–H groups in total. The standard InChI is InChI=1S/C17H23N3O3S2/c1-13(21)18-11-16-9-10-17(24-16)25(22,23)20(4)12-14-5-7-15(8-6-14)19(2)3/h5-10H,11-12H2,1-4H3,(H,18,21). The van der Waals surface area contributed by atoms with Crippen LogP contribution in [0.3, 0.4) is 0 Å². The number of sulfonamides is 1. The average molecular weight is 382 g/mol. The maximum Gasteiger partial charge on any atom is 0.252 e. The summed E-state index contributed by atoms with van der Waals surface area (Å²) < 4.78 is 27.0. The molecule has 25 heavy (non-hydrogen) atoms. The summed E-state index contributed by atoms with van der Waals surface area (Å²) in [5, 5.41) is 2.67. The molecule has 1 amide bonds. The Hall–Kier alpha value is -1.90. The molecule has 0 saturated heterocycles. The summed E-state index contributed by atoms with van der Waals surface area (Å²) in [6.07, 6.45) is 0. The van der Waals surface area contributed by atoms with E-state index in [1.165, 1.54) is 22.6 Å². The molecule has 0 bridgehead atoms. The first-order valence-electron chi connectivity index (χ1n) is 7.76. The second kappa shape index (κ2) is 7.99. The molecule has 0 fully saturated rings. The number of hydrogen-bond acceptors (Lipinski definition) is 5. The Bertz CT molecular complexity index is 827. The number of nitrogens with one attached hydrogen (secondary N) is 1. The lowest BCUT2D eigenvalue weighted by Gasteiger charge is -2.17. The lowest BCUT2D eigenvalue weighted by molar-refractivity contribution is -0.119. The minimum atomic E-state index is -3.55. The van der Waals surface area contributed by atoms with Crippen molar-refractivity contribution in [3.8, 4) is 0 Å². The highest BCUT2D eigenvalue weighted by atomic mass is 32.2. The zero-order valence-corrected chi connectivity index (χ0v) is 16.4. The smallest absolute Gasteiger partial charge is 0.252 e. The summed E-state index contributed by atoms with van der Waals surface area (Å²) in [5.41, 5.74) is 1.99. The van der Waals surface area contributed by atoms with Gasteiger partial charge in [-0.05, 0) is 29.8 Å². The number of anilines is 1. The van der Waals surface area contributed by atoms with E-state index in [0.29, 0.717) is 13.1 Å². The van der Waals surface area contributed by atoms with E-state index in [2.05, 4.69) is 5.32 Å². The van der Waals surface area contributed by atoms with Crippen molar-refractivity contribution >= 4 is 33.0 Å². The second-order valence-electron chi connectivity index (χ2n) is 5.95. The molecule has 0 aliphatic rings. The van der Waals surface area contributed by atoms with E-state index in [1.54, 1.807) is 19.2 Å². The molecular weight excluding hydrogens is 358 g/mol. The summed E-state index contributed by atoms with van der Waals surface area (Å²) in [6, 6.07) is 11.1. The van der Waals surface area contributed by atoms with Gasteiger partial charge >= 0.3 is 0 Å². The number of carbonyl (C=O) groups excluding carboxylic acids is 1. The topological polar surface area (TPSA) is 69.7 Å². The Balaban J connectivity index is 2.09. The number of benzene rings is 1. The van der Waals surface area contributed by atoms with Crippen LogP contribution in [0.2, 0.25) is 0 Å². The molecule has 0 aliphatic carbocycles. The molecule has 0 radical (unpaired) electrons. The van der Waals surface area contributed by atoms with Gasteiger partial charge in [0.05, 0.1) is 6.54 Å². The first-order valence-corrected chi connectivity index (χ1v) is 10.0. The molecule has 2 rings (SSSR count). The minimum Gasteiger partial charge on any atom is -0.378 e. The maximum atomic E-state index is 12.7. The third-order valence-corrected chi connectivity index (χ3v) is 7.03. The molecule has 1 aromatic heterocycles. The van der Waals surface area contributed by atoms with E-state index < -0.39 is 10.0 Å². The van der Waals surface area contributed by atoms with Crippen LogP contribution in [0.5, 0.6) is 0 Å². The van der Waals surface area contributed by atoms with Gasteiger partial charge in [0.25, 0.3) is 10.0 Å². The van der Waals surface area contributed by atoms with Gasteiger partial charge in [-0.2, -0.15) is 4.31 Å². The molecule has 0 spiro atoms. The van der Waals surface area contributed by atoms with Gasteiger partial charge in [0.1, 0.15) is 4.21 Å². The minimum absolute atomic E-state index is 0.143. The van der Waals surface area contributed by atoms with Crippen LogP contribution in [-0.2, 0) is 27.9 Å². The molecule has 8 heteroatoms. The number of hydrogen-bond donors (Lipinski definition) is 1. The fraction of sp³-hybridized carbons (Fsp3) is 0.353. The monoisotopic (exact) mass is 381 g/mol. The Labute approximate surface area is 153 Å². The second-order valence-corrected chi connectivity index (χ2v) is 9.39. The van der Waals surface area contributed by atoms with Crippen molar-refractivity contribution in [3.63, 3.8) is 0 Å². The van der Waals surface area contributed by atoms with Crippen LogP contribution in [0.1, 0.15) is 17.4 Å². The van der Waals surface area contributed by atoms with Crippen molar-refractivity contribution in [3.05, 3.63) is 46.8 Å². The number of amides is 1. The average Bonchev–Trinajstić information content (AvgIpc) is 3.03. The molecule has 0 atom stereocenters. The number of rotatable bonds is 7. The predicted molar refractivity (Wildman–Crippen MR) is 101 cm³/mol. The van der Waals surface area contributed by atoms with E-state index in [4.69, 9.17) is 0 Å². The van der Waals surface area contributed by atoms with Gasteiger partial charge in [-0.15, -0.1) is 11.3 Å². The molecule has 1 heterocycles. The summed E-state index contributed by atoms with van der Waals surface area (Å²) in [7, 11) is 1.94. The molecular formula is C17H23N3O3S2. The molecule has 0 saturated carbocycles. The number of carbonyl (C=O) groups is 1. The third kappa shape index (κ3) is 5.04. The van der Waals surface area contributed by atoms with Crippen LogP contribution in [-0.4, -0.2) is 39.8 Å². The van der Waals surface area contributed by atoms with Crippen LogP contribution in [0.25, 0.3) is 0 Å². The maximum absolute atomic E-state index is 12.7. The molecule has 0 unspecified atom stereocenters. The van der Waals surface area contributed by atoms with Crippen molar-refractivity contribution in [2.75, 3.05) is 26.0 Å². The number of nitrogens with zero attached hydrogens (tertiary/aromatic N) is 2. The third-order valence-electron chi connectivity index (χ3n) is 3.67. The van der Waals surface area contributed by atoms with E-state index in [0.717, 1.165) is 16.1 Å². The van der Waals surface area contributed by atoms with Gasteiger partial charge < -0.3 is 10.2 Å². The Morgan fingerprint density at radius 3 is 2.28 bits per heavy atom. The highest BCUT2D eigenvalue weighted by Gasteiger charge is 2.23. The largest absolute Gasteiger partial charge is 0.378 e. The molecule has 1 aromatic carbocycles. The van der Waals surface area contributed by atoms with Gasteiger partial charge in [0.2, 0.25) is 5.91 Å². The SMILES string of the molecule is CC(=O)NCc1ccc(S(=O)(=O)N(C)Cc2ccc(N(C)C)cc2)s1. The van der Waals surface area contributed by atoms with Crippen LogP contribution >= 0.6 is 11.3 Å². The highest BCUT2D eigenvalue weighted by molar-refractivity contribution is 7.91. The predicted octanol–water partition coefficient (Wildman–Crippen LogP) is 2.27. The van der Waals surface area contributed by atoms with Gasteiger partial charge in [0, 0.05) is 45.2 Å². The molecule has 6 nitrogen and oxygen atoms in total. The van der Waals surface area contributed by atoms with Gasteiger partial charge in [-0.25, -0.2) is 8.42 Å². The Morgan fingerprint density at radius 1 is 1.08 bits per heavy atom. The molecule has 0 aliphatic heterocycles. The van der Waals surface area contributed by atoms with E-state index >= 15 is 0 Å². The summed E-state index contributed by atoms with van der Waals surface area (Å²) in [6.45, 7) is 2.07. The van der Waals surface area contributed by atoms with E-state index in [1.807, 2.05) is 43.3 Å². The van der Waals surface area contributed by atoms with Crippen molar-refractivity contribution in [1.29, 1.82) is 0 Å². The van der Waals surface area contributed by atoms with Crippen molar-refractivity contribution in [1.82, 2.24) is 9.62 Å². The first kappa shape index (κ1) is 19.4. The fourth-order valence-electron chi connectivity index (χ4n) is 2.20. The molecule has 2 aromatic rings. The van der Waals surface area contributed by atoms with Gasteiger partial charge in [0.15, 0.2) is 0 Å². The van der Waals surface area contributed by atoms with Crippen LogP contribution < -0.4 is 10.2 Å². The van der Waals surface area contributed by atoms with E-state index in [9.17, 15) is 13.2 Å². The zero-order valence-electron chi connectivity index (χ0n) is 14.8. The van der Waals surface area contributed by atoms with Gasteiger partial charge in [-0.1, -0.05) is 12.1 Å². The zero-order chi connectivity index (χ0) is 18.6. The lowest BCUT2D eigenvalue weighted by atomic mass is 10.2. The van der Waals surface area contributed by atoms with Crippen molar-refractivity contribution in [2.24, 2.45) is 0 Å². The van der Waals surface area contributed by atoms with Crippen LogP contribution in [0, 0.1) is 0 Å². The van der Waals surface area contributed by atoms with Crippen molar-refractivity contribution < 1.29 is 13.2 Å². The van der Waals surface area contributed by atoms with E-state index in [-0.39, 0.29) is 10.1 Å². The van der Waals surface area contributed by atoms with Crippen LogP contribution in [0.15, 0.2) is 40.6 Å². The van der Waals surface area contributed by atoms with Crippen molar-refractivity contribution in [2.45, 2.75) is 24.2 Å². The van der Waals surface area contributed by atoms with Crippen LogP contribution in [0.4, 0.5) is 5.69 Å². The lowest BCUT2D eigenvalue weighted by Crippen LogP contribution is -2.25. The fourth-order valence-corrected chi connectivity index (χ4v) is 4.86. The van der Waals surface area contributed by atoms with Gasteiger partial charge in [-0.3, -0.25) is 4.79 Å². The summed E-state index contributed by atoms with van der Waals surface area (Å²) in [4.78, 5) is 13.8. The number of thiophene rings is 1. The molecule has 136 valence electrons. The highest BCUT2D eigenvalue weighted by Crippen LogP contribution is 2.25. The normalized spacial score (nSPS) is 11.6. The summed E-state index contributed by atoms with van der Waals surface area (Å²) in [5.74, 6) is -0.143.